The molecule has 1 unspecified atom stereocenters. The highest BCUT2D eigenvalue weighted by atomic mass is 35.5. The second-order valence-corrected chi connectivity index (χ2v) is 6.27. The fraction of sp³-hybridized carbons (Fsp3) is 0.353. The molecule has 2 rings (SSSR count). The first kappa shape index (κ1) is 18.7. The van der Waals surface area contributed by atoms with Gasteiger partial charge in [-0.05, 0) is 25.2 Å². The molecule has 7 heteroatoms. The fourth-order valence-electron chi connectivity index (χ4n) is 2.05. The van der Waals surface area contributed by atoms with Gasteiger partial charge in [-0.2, -0.15) is 0 Å². The molecule has 1 aromatic carbocycles. The first-order valence-electron chi connectivity index (χ1n) is 7.63. The van der Waals surface area contributed by atoms with E-state index in [-0.39, 0.29) is 22.7 Å². The molecule has 1 atom stereocenters. The molecule has 1 aromatic heterocycles. The lowest BCUT2D eigenvalue weighted by molar-refractivity contribution is 0.0634. The molecular weight excluding hydrogens is 346 g/mol. The molecule has 0 bridgehead atoms. The molecule has 0 fully saturated rings. The molecule has 0 aliphatic carbocycles. The van der Waals surface area contributed by atoms with Crippen LogP contribution in [0.5, 0.6) is 0 Å². The van der Waals surface area contributed by atoms with E-state index in [2.05, 4.69) is 15.3 Å². The quantitative estimate of drug-likeness (QED) is 0.438. The second kappa shape index (κ2) is 9.61. The Morgan fingerprint density at radius 1 is 1.38 bits per heavy atom. The van der Waals surface area contributed by atoms with Crippen LogP contribution in [0, 0.1) is 0 Å². The molecule has 24 heavy (non-hydrogen) atoms. The lowest BCUT2D eigenvalue weighted by atomic mass is 10.1. The number of halogens is 1. The normalized spacial score (nSPS) is 12.0. The molecule has 0 aliphatic rings. The van der Waals surface area contributed by atoms with E-state index in [4.69, 9.17) is 16.3 Å². The van der Waals surface area contributed by atoms with Crippen molar-refractivity contribution in [1.82, 2.24) is 15.3 Å². The van der Waals surface area contributed by atoms with E-state index in [1.54, 1.807) is 0 Å². The fourth-order valence-corrected chi connectivity index (χ4v) is 2.56. The number of aromatic nitrogens is 2. The number of rotatable bonds is 8. The van der Waals surface area contributed by atoms with Gasteiger partial charge >= 0.3 is 0 Å². The van der Waals surface area contributed by atoms with E-state index in [1.165, 1.54) is 18.0 Å². The van der Waals surface area contributed by atoms with Crippen LogP contribution in [-0.2, 0) is 4.74 Å². The summed E-state index contributed by atoms with van der Waals surface area (Å²) >= 11 is 7.34. The zero-order chi connectivity index (χ0) is 17.4. The van der Waals surface area contributed by atoms with Crippen LogP contribution in [0.2, 0.25) is 5.02 Å². The van der Waals surface area contributed by atoms with Crippen LogP contribution < -0.4 is 5.32 Å². The van der Waals surface area contributed by atoms with Crippen LogP contribution in [-0.4, -0.2) is 35.3 Å². The molecule has 0 saturated heterocycles. The lowest BCUT2D eigenvalue weighted by Crippen LogP contribution is -2.26. The van der Waals surface area contributed by atoms with E-state index in [1.807, 2.05) is 43.5 Å². The summed E-state index contributed by atoms with van der Waals surface area (Å²) in [6.07, 6.45) is 4.03. The number of benzene rings is 1. The van der Waals surface area contributed by atoms with Gasteiger partial charge in [0.25, 0.3) is 5.91 Å². The van der Waals surface area contributed by atoms with Crippen LogP contribution in [0.1, 0.15) is 35.5 Å². The number of carbonyl (C=O) groups is 1. The van der Waals surface area contributed by atoms with Gasteiger partial charge in [0.15, 0.2) is 10.9 Å². The number of ether oxygens (including phenoxy) is 1. The van der Waals surface area contributed by atoms with Crippen molar-refractivity contribution in [3.63, 3.8) is 0 Å². The molecule has 1 heterocycles. The zero-order valence-electron chi connectivity index (χ0n) is 13.7. The average Bonchev–Trinajstić information content (AvgIpc) is 2.62. The maximum absolute atomic E-state index is 12.1. The minimum Gasteiger partial charge on any atom is -0.374 e. The van der Waals surface area contributed by atoms with E-state index >= 15 is 0 Å². The molecule has 5 nitrogen and oxygen atoms in total. The van der Waals surface area contributed by atoms with Crippen LogP contribution in [0.4, 0.5) is 0 Å². The zero-order valence-corrected chi connectivity index (χ0v) is 15.2. The third-order valence-corrected chi connectivity index (χ3v) is 4.20. The number of hydrogen-bond acceptors (Lipinski definition) is 5. The number of thioether (sulfide) groups is 1. The van der Waals surface area contributed by atoms with Gasteiger partial charge in [0.2, 0.25) is 0 Å². The SMILES string of the molecule is CSc1ncc(Cl)c(C(=O)NCCCOC(C)c2ccccc2)n1. The highest BCUT2D eigenvalue weighted by molar-refractivity contribution is 7.98. The Morgan fingerprint density at radius 2 is 2.12 bits per heavy atom. The van der Waals surface area contributed by atoms with Crippen molar-refractivity contribution in [1.29, 1.82) is 0 Å². The highest BCUT2D eigenvalue weighted by Crippen LogP contribution is 2.17. The Bertz CT molecular complexity index is 670. The minimum absolute atomic E-state index is 0.0300. The molecule has 1 amide bonds. The highest BCUT2D eigenvalue weighted by Gasteiger charge is 2.13. The summed E-state index contributed by atoms with van der Waals surface area (Å²) in [6, 6.07) is 10.0. The van der Waals surface area contributed by atoms with Crippen LogP contribution >= 0.6 is 23.4 Å². The predicted octanol–water partition coefficient (Wildman–Crippen LogP) is 3.75. The standard InChI is InChI=1S/C17H20ClN3O2S/c1-12(13-7-4-3-5-8-13)23-10-6-9-19-16(22)15-14(18)11-20-17(21-15)24-2/h3-5,7-8,11-12H,6,9-10H2,1-2H3,(H,19,22). The van der Waals surface area contributed by atoms with Crippen molar-refractivity contribution in [2.24, 2.45) is 0 Å². The van der Waals surface area contributed by atoms with Gasteiger partial charge in [-0.15, -0.1) is 0 Å². The lowest BCUT2D eigenvalue weighted by Gasteiger charge is -2.13. The monoisotopic (exact) mass is 365 g/mol. The molecular formula is C17H20ClN3O2S. The van der Waals surface area contributed by atoms with Crippen molar-refractivity contribution < 1.29 is 9.53 Å². The summed E-state index contributed by atoms with van der Waals surface area (Å²) < 4.78 is 5.77. The summed E-state index contributed by atoms with van der Waals surface area (Å²) in [5.41, 5.74) is 1.34. The minimum atomic E-state index is -0.297. The summed E-state index contributed by atoms with van der Waals surface area (Å²) in [4.78, 5) is 20.3. The van der Waals surface area contributed by atoms with Gasteiger partial charge in [-0.3, -0.25) is 4.79 Å². The smallest absolute Gasteiger partial charge is 0.271 e. The molecule has 128 valence electrons. The first-order chi connectivity index (χ1) is 11.6. The van der Waals surface area contributed by atoms with Gasteiger partial charge < -0.3 is 10.1 Å². The maximum Gasteiger partial charge on any atom is 0.271 e. The summed E-state index contributed by atoms with van der Waals surface area (Å²) in [7, 11) is 0. The molecule has 0 radical (unpaired) electrons. The van der Waals surface area contributed by atoms with Crippen LogP contribution in [0.25, 0.3) is 0 Å². The number of carbonyl (C=O) groups excluding carboxylic acids is 1. The van der Waals surface area contributed by atoms with Crippen molar-refractivity contribution in [3.8, 4) is 0 Å². The molecule has 2 aromatic rings. The maximum atomic E-state index is 12.1. The Hall–Kier alpha value is -1.63. The topological polar surface area (TPSA) is 64.1 Å². The van der Waals surface area contributed by atoms with Gasteiger partial charge in [-0.25, -0.2) is 9.97 Å². The molecule has 0 spiro atoms. The van der Waals surface area contributed by atoms with Crippen molar-refractivity contribution in [3.05, 3.63) is 52.8 Å². The average molecular weight is 366 g/mol. The second-order valence-electron chi connectivity index (χ2n) is 5.09. The van der Waals surface area contributed by atoms with E-state index < -0.39 is 0 Å². The molecule has 1 N–H and O–H groups in total. The number of nitrogens with zero attached hydrogens (tertiary/aromatic N) is 2. The van der Waals surface area contributed by atoms with Crippen molar-refractivity contribution in [2.45, 2.75) is 24.6 Å². The van der Waals surface area contributed by atoms with Gasteiger partial charge in [0.1, 0.15) is 0 Å². The van der Waals surface area contributed by atoms with Gasteiger partial charge in [0.05, 0.1) is 17.3 Å². The third kappa shape index (κ3) is 5.47. The van der Waals surface area contributed by atoms with Gasteiger partial charge in [-0.1, -0.05) is 53.7 Å². The first-order valence-corrected chi connectivity index (χ1v) is 9.23. The van der Waals surface area contributed by atoms with Crippen molar-refractivity contribution in [2.75, 3.05) is 19.4 Å². The van der Waals surface area contributed by atoms with E-state index in [9.17, 15) is 4.79 Å². The Morgan fingerprint density at radius 3 is 2.83 bits per heavy atom. The Balaban J connectivity index is 1.73. The predicted molar refractivity (Wildman–Crippen MR) is 96.6 cm³/mol. The Labute approximate surface area is 151 Å². The van der Waals surface area contributed by atoms with Gasteiger partial charge in [0, 0.05) is 13.2 Å². The number of amides is 1. The van der Waals surface area contributed by atoms with Crippen molar-refractivity contribution >= 4 is 29.3 Å². The van der Waals surface area contributed by atoms with Crippen LogP contribution in [0.3, 0.4) is 0 Å². The molecule has 0 saturated carbocycles. The van der Waals surface area contributed by atoms with E-state index in [0.29, 0.717) is 24.7 Å². The third-order valence-electron chi connectivity index (χ3n) is 3.36. The summed E-state index contributed by atoms with van der Waals surface area (Å²) in [5.74, 6) is -0.297. The summed E-state index contributed by atoms with van der Waals surface area (Å²) in [5, 5.41) is 3.57. The number of hydrogen-bond donors (Lipinski definition) is 1. The Kier molecular flexibility index (Phi) is 7.49. The summed E-state index contributed by atoms with van der Waals surface area (Å²) in [6.45, 7) is 3.07. The van der Waals surface area contributed by atoms with Crippen LogP contribution in [0.15, 0.2) is 41.7 Å². The number of nitrogens with one attached hydrogen (secondary N) is 1. The largest absolute Gasteiger partial charge is 0.374 e. The molecule has 0 aliphatic heterocycles. The van der Waals surface area contributed by atoms with E-state index in [0.717, 1.165) is 5.56 Å².